The molecule has 2 aliphatic rings. The van der Waals surface area contributed by atoms with Crippen LogP contribution in [0.3, 0.4) is 0 Å². The van der Waals surface area contributed by atoms with Gasteiger partial charge in [-0.25, -0.2) is 0 Å². The Morgan fingerprint density at radius 2 is 1.48 bits per heavy atom. The highest BCUT2D eigenvalue weighted by Crippen LogP contribution is 2.38. The number of fused-ring (bicyclic) bond motifs is 1. The van der Waals surface area contributed by atoms with Crippen LogP contribution < -0.4 is 14.2 Å². The zero-order chi connectivity index (χ0) is 34.4. The molecule has 6 rings (SSSR count). The lowest BCUT2D eigenvalue weighted by molar-refractivity contribution is -0.154. The molecule has 0 bridgehead atoms. The zero-order valence-electron chi connectivity index (χ0n) is 28.6. The summed E-state index contributed by atoms with van der Waals surface area (Å²) in [7, 11) is 1.40. The molecule has 10 nitrogen and oxygen atoms in total. The third-order valence-electron chi connectivity index (χ3n) is 8.87. The van der Waals surface area contributed by atoms with Gasteiger partial charge in [0, 0.05) is 63.5 Å². The smallest absolute Gasteiger partial charge is 0.422 e. The maximum Gasteiger partial charge on any atom is 0.422 e. The van der Waals surface area contributed by atoms with Gasteiger partial charge in [0.05, 0.1) is 19.3 Å². The second-order valence-corrected chi connectivity index (χ2v) is 12.1. The summed E-state index contributed by atoms with van der Waals surface area (Å²) in [4.78, 5) is 32.9. The van der Waals surface area contributed by atoms with E-state index >= 15 is 0 Å². The van der Waals surface area contributed by atoms with Crippen LogP contribution in [0.15, 0.2) is 85.1 Å². The van der Waals surface area contributed by atoms with Crippen LogP contribution in [0.4, 0.5) is 13.2 Å². The van der Waals surface area contributed by atoms with Crippen molar-refractivity contribution in [2.75, 3.05) is 53.0 Å². The van der Waals surface area contributed by atoms with Crippen molar-refractivity contribution in [3.8, 4) is 17.8 Å². The number of pyridine rings is 1. The number of hydrogen-bond acceptors (Lipinski definition) is 9. The van der Waals surface area contributed by atoms with Gasteiger partial charge in [-0.2, -0.15) is 23.1 Å². The Labute approximate surface area is 319 Å². The van der Waals surface area contributed by atoms with Crippen LogP contribution >= 0.6 is 37.2 Å². The molecule has 2 atom stereocenters. The highest BCUT2D eigenvalue weighted by Gasteiger charge is 2.44. The van der Waals surface area contributed by atoms with Crippen LogP contribution in [-0.4, -0.2) is 107 Å². The van der Waals surface area contributed by atoms with E-state index in [4.69, 9.17) is 14.2 Å². The molecule has 1 unspecified atom stereocenters. The van der Waals surface area contributed by atoms with E-state index in [0.717, 1.165) is 11.1 Å². The highest BCUT2D eigenvalue weighted by atomic mass is 35.5. The van der Waals surface area contributed by atoms with Crippen molar-refractivity contribution in [3.05, 3.63) is 107 Å². The minimum Gasteiger partial charge on any atom is -0.481 e. The second-order valence-electron chi connectivity index (χ2n) is 12.1. The molecule has 2 aliphatic heterocycles. The summed E-state index contributed by atoms with van der Waals surface area (Å²) in [5.74, 6) is -0.344. The standard InChI is InChI=1S/C36H39F3N6O4.3ClH/c1-3-48-35-41-32(47-2)28(33(42-35)49-24-36(37,38)39)22-43-20-27-21-44(34(46)29-16-10-11-17-40-29)18-19-45(27)30(23-43)31(25-12-6-4-7-13-25)26-14-8-5-9-15-26;;;/h4-17,27,30-31H,3,18-24H2,1-2H3;3*1H/t27-,30?;;;/m1.../s1. The first-order valence-electron chi connectivity index (χ1n) is 16.3. The molecule has 1 amide bonds. The van der Waals surface area contributed by atoms with Crippen LogP contribution in [0, 0.1) is 0 Å². The summed E-state index contributed by atoms with van der Waals surface area (Å²) >= 11 is 0. The van der Waals surface area contributed by atoms with Crippen LogP contribution in [0.2, 0.25) is 0 Å². The van der Waals surface area contributed by atoms with Gasteiger partial charge in [0.25, 0.3) is 5.91 Å². The molecule has 4 aromatic rings. The molecule has 0 saturated carbocycles. The summed E-state index contributed by atoms with van der Waals surface area (Å²) in [5.41, 5.74) is 2.95. The molecule has 2 aromatic carbocycles. The van der Waals surface area contributed by atoms with Gasteiger partial charge >= 0.3 is 12.2 Å². The number of aromatic nitrogens is 3. The first kappa shape index (κ1) is 42.5. The molecule has 0 spiro atoms. The van der Waals surface area contributed by atoms with Crippen molar-refractivity contribution in [2.24, 2.45) is 0 Å². The van der Waals surface area contributed by atoms with E-state index in [1.807, 2.05) is 41.3 Å². The topological polar surface area (TPSA) is 93.2 Å². The van der Waals surface area contributed by atoms with Crippen molar-refractivity contribution in [1.82, 2.24) is 29.7 Å². The number of alkyl halides is 3. The van der Waals surface area contributed by atoms with Gasteiger partial charge in [-0.1, -0.05) is 66.7 Å². The fraction of sp³-hybridized carbons (Fsp3) is 0.389. The Bertz CT molecular complexity index is 1660. The number of benzene rings is 2. The van der Waals surface area contributed by atoms with Gasteiger partial charge in [0.15, 0.2) is 6.61 Å². The third kappa shape index (κ3) is 10.2. The number of ether oxygens (including phenoxy) is 3. The molecule has 16 heteroatoms. The molecule has 0 N–H and O–H groups in total. The molecule has 2 fully saturated rings. The van der Waals surface area contributed by atoms with E-state index in [-0.39, 0.29) is 97.6 Å². The summed E-state index contributed by atoms with van der Waals surface area (Å²) in [6.07, 6.45) is -2.97. The molecule has 2 saturated heterocycles. The average molecular weight is 786 g/mol. The van der Waals surface area contributed by atoms with E-state index < -0.39 is 12.8 Å². The first-order valence-corrected chi connectivity index (χ1v) is 16.3. The van der Waals surface area contributed by atoms with Gasteiger partial charge in [0.2, 0.25) is 11.8 Å². The summed E-state index contributed by atoms with van der Waals surface area (Å²) < 4.78 is 56.3. The molecule has 0 radical (unpaired) electrons. The van der Waals surface area contributed by atoms with Crippen LogP contribution in [0.5, 0.6) is 17.8 Å². The number of methoxy groups -OCH3 is 1. The van der Waals surface area contributed by atoms with E-state index in [0.29, 0.717) is 38.4 Å². The molecule has 52 heavy (non-hydrogen) atoms. The van der Waals surface area contributed by atoms with Gasteiger partial charge in [-0.15, -0.1) is 37.2 Å². The van der Waals surface area contributed by atoms with Crippen LogP contribution in [0.25, 0.3) is 0 Å². The van der Waals surface area contributed by atoms with E-state index in [1.165, 1.54) is 7.11 Å². The van der Waals surface area contributed by atoms with E-state index in [2.05, 4.69) is 49.0 Å². The number of piperazine rings is 2. The predicted molar refractivity (Wildman–Crippen MR) is 197 cm³/mol. The molecule has 282 valence electrons. The number of carbonyl (C=O) groups is 1. The summed E-state index contributed by atoms with van der Waals surface area (Å²) in [6.45, 7) is 3.27. The lowest BCUT2D eigenvalue weighted by Crippen LogP contribution is -2.67. The molecule has 4 heterocycles. The van der Waals surface area contributed by atoms with E-state index in [9.17, 15) is 18.0 Å². The number of nitrogens with zero attached hydrogens (tertiary/aromatic N) is 6. The van der Waals surface area contributed by atoms with Crippen molar-refractivity contribution < 1.29 is 32.2 Å². The second kappa shape index (κ2) is 19.3. The Balaban J connectivity index is 0.00000243. The molecule has 0 aliphatic carbocycles. The van der Waals surface area contributed by atoms with Crippen molar-refractivity contribution >= 4 is 43.1 Å². The predicted octanol–water partition coefficient (Wildman–Crippen LogP) is 6.33. The largest absolute Gasteiger partial charge is 0.481 e. The Kier molecular flexibility index (Phi) is 15.8. The number of amides is 1. The highest BCUT2D eigenvalue weighted by molar-refractivity contribution is 5.92. The lowest BCUT2D eigenvalue weighted by Gasteiger charge is -2.53. The number of rotatable bonds is 11. The Hall–Kier alpha value is -3.88. The van der Waals surface area contributed by atoms with Gasteiger partial charge in [0.1, 0.15) is 5.69 Å². The Morgan fingerprint density at radius 1 is 0.846 bits per heavy atom. The molecular formula is C36H42Cl3F3N6O4. The van der Waals surface area contributed by atoms with Gasteiger partial charge in [-0.05, 0) is 30.2 Å². The van der Waals surface area contributed by atoms with Crippen molar-refractivity contribution in [3.63, 3.8) is 0 Å². The first-order chi connectivity index (χ1) is 23.7. The van der Waals surface area contributed by atoms with E-state index in [1.54, 1.807) is 31.3 Å². The maximum atomic E-state index is 13.5. The third-order valence-corrected chi connectivity index (χ3v) is 8.87. The fourth-order valence-corrected chi connectivity index (χ4v) is 6.85. The Morgan fingerprint density at radius 3 is 2.06 bits per heavy atom. The molecular weight excluding hydrogens is 744 g/mol. The monoisotopic (exact) mass is 784 g/mol. The van der Waals surface area contributed by atoms with Gasteiger partial charge in [-0.3, -0.25) is 19.6 Å². The minimum absolute atomic E-state index is 0. The number of carbonyl (C=O) groups excluding carboxylic acids is 1. The lowest BCUT2D eigenvalue weighted by atomic mass is 9.81. The zero-order valence-corrected chi connectivity index (χ0v) is 31.1. The van der Waals surface area contributed by atoms with Crippen molar-refractivity contribution in [1.29, 1.82) is 0 Å². The van der Waals surface area contributed by atoms with Crippen LogP contribution in [0.1, 0.15) is 40.0 Å². The van der Waals surface area contributed by atoms with Crippen molar-refractivity contribution in [2.45, 2.75) is 37.6 Å². The minimum atomic E-state index is -4.58. The number of halogens is 6. The summed E-state index contributed by atoms with van der Waals surface area (Å²) in [6, 6.07) is 25.6. The maximum absolute atomic E-state index is 13.5. The molecule has 2 aromatic heterocycles. The normalized spacial score (nSPS) is 17.5. The summed E-state index contributed by atoms with van der Waals surface area (Å²) in [5, 5.41) is 0. The average Bonchev–Trinajstić information content (AvgIpc) is 3.12. The SMILES string of the molecule is CCOc1nc(OC)c(CN2CC(C(c3ccccc3)c3ccccc3)N3CCN(C(=O)c4ccccn4)C[C@H]3C2)c(OCC(F)(F)F)n1.Cl.Cl.Cl. The quantitative estimate of drug-likeness (QED) is 0.173. The van der Waals surface area contributed by atoms with Crippen LogP contribution in [-0.2, 0) is 6.54 Å². The van der Waals surface area contributed by atoms with Gasteiger partial charge < -0.3 is 19.1 Å². The number of hydrogen-bond donors (Lipinski definition) is 0. The fourth-order valence-electron chi connectivity index (χ4n) is 6.85.